The van der Waals surface area contributed by atoms with Crippen molar-refractivity contribution in [3.8, 4) is 5.75 Å². The van der Waals surface area contributed by atoms with Crippen LogP contribution in [0.25, 0.3) is 11.0 Å². The first-order valence-electron chi connectivity index (χ1n) is 9.15. The maximum atomic E-state index is 12.2. The number of ether oxygens (including phenoxy) is 1. The van der Waals surface area contributed by atoms with Crippen LogP contribution in [0.3, 0.4) is 0 Å². The number of amides is 1. The van der Waals surface area contributed by atoms with Crippen molar-refractivity contribution in [1.82, 2.24) is 15.0 Å². The van der Waals surface area contributed by atoms with E-state index < -0.39 is 0 Å². The zero-order chi connectivity index (χ0) is 19.5. The van der Waals surface area contributed by atoms with Crippen molar-refractivity contribution in [2.24, 2.45) is 0 Å². The predicted molar refractivity (Wildman–Crippen MR) is 111 cm³/mol. The van der Waals surface area contributed by atoms with E-state index in [1.165, 1.54) is 23.7 Å². The number of nitrogens with one attached hydrogen (secondary N) is 1. The number of thioether (sulfide) groups is 1. The minimum Gasteiger partial charge on any atom is -0.497 e. The van der Waals surface area contributed by atoms with Crippen LogP contribution in [0.1, 0.15) is 24.1 Å². The van der Waals surface area contributed by atoms with E-state index in [4.69, 9.17) is 15.5 Å². The SMILES string of the molecule is COc1ccc(NC(=O)CSc2nc(N)c3cc4c(nc3n2)CCCC4)cc1. The Morgan fingerprint density at radius 1 is 1.18 bits per heavy atom. The molecule has 2 aromatic heterocycles. The fourth-order valence-electron chi connectivity index (χ4n) is 3.24. The number of nitrogens with zero attached hydrogens (tertiary/aromatic N) is 3. The van der Waals surface area contributed by atoms with Crippen molar-refractivity contribution in [3.63, 3.8) is 0 Å². The fraction of sp³-hybridized carbons (Fsp3) is 0.300. The van der Waals surface area contributed by atoms with Gasteiger partial charge in [0.1, 0.15) is 11.6 Å². The number of nitrogen functional groups attached to an aromatic ring is 1. The highest BCUT2D eigenvalue weighted by molar-refractivity contribution is 7.99. The molecule has 0 aliphatic heterocycles. The third-order valence-corrected chi connectivity index (χ3v) is 5.53. The number of hydrogen-bond acceptors (Lipinski definition) is 7. The van der Waals surface area contributed by atoms with Crippen LogP contribution in [0, 0.1) is 0 Å². The van der Waals surface area contributed by atoms with Gasteiger partial charge < -0.3 is 15.8 Å². The normalized spacial score (nSPS) is 13.2. The molecule has 0 atom stereocenters. The summed E-state index contributed by atoms with van der Waals surface area (Å²) in [5, 5.41) is 4.08. The van der Waals surface area contributed by atoms with Crippen molar-refractivity contribution in [2.75, 3.05) is 23.9 Å². The van der Waals surface area contributed by atoms with Crippen LogP contribution < -0.4 is 15.8 Å². The fourth-order valence-corrected chi connectivity index (χ4v) is 3.89. The second kappa shape index (κ2) is 8.02. The van der Waals surface area contributed by atoms with E-state index in [2.05, 4.69) is 21.4 Å². The molecule has 3 N–H and O–H groups in total. The van der Waals surface area contributed by atoms with Crippen LogP contribution in [0.5, 0.6) is 5.75 Å². The number of hydrogen-bond donors (Lipinski definition) is 2. The summed E-state index contributed by atoms with van der Waals surface area (Å²) in [5.41, 5.74) is 9.79. The number of benzene rings is 1. The van der Waals surface area contributed by atoms with E-state index in [-0.39, 0.29) is 11.7 Å². The molecule has 4 rings (SSSR count). The van der Waals surface area contributed by atoms with Crippen molar-refractivity contribution >= 4 is 40.2 Å². The Kier molecular flexibility index (Phi) is 5.29. The van der Waals surface area contributed by atoms with Crippen LogP contribution in [-0.4, -0.2) is 33.7 Å². The Morgan fingerprint density at radius 2 is 1.96 bits per heavy atom. The number of rotatable bonds is 5. The lowest BCUT2D eigenvalue weighted by Crippen LogP contribution is -2.14. The van der Waals surface area contributed by atoms with Crippen molar-refractivity contribution in [2.45, 2.75) is 30.8 Å². The lowest BCUT2D eigenvalue weighted by atomic mass is 9.95. The highest BCUT2D eigenvalue weighted by Gasteiger charge is 2.16. The summed E-state index contributed by atoms with van der Waals surface area (Å²) < 4.78 is 5.11. The summed E-state index contributed by atoms with van der Waals surface area (Å²) >= 11 is 1.24. The predicted octanol–water partition coefficient (Wildman–Crippen LogP) is 3.23. The second-order valence-electron chi connectivity index (χ2n) is 6.63. The minimum absolute atomic E-state index is 0.143. The van der Waals surface area contributed by atoms with Crippen LogP contribution in [-0.2, 0) is 17.6 Å². The molecule has 28 heavy (non-hydrogen) atoms. The molecule has 1 aromatic carbocycles. The quantitative estimate of drug-likeness (QED) is 0.505. The minimum atomic E-state index is -0.143. The van der Waals surface area contributed by atoms with Crippen LogP contribution in [0.2, 0.25) is 0 Å². The average molecular weight is 395 g/mol. The molecule has 0 saturated carbocycles. The molecular weight excluding hydrogens is 374 g/mol. The molecule has 2 heterocycles. The van der Waals surface area contributed by atoms with Gasteiger partial charge in [0.15, 0.2) is 10.8 Å². The van der Waals surface area contributed by atoms with E-state index in [1.54, 1.807) is 31.4 Å². The number of anilines is 2. The van der Waals surface area contributed by atoms with Gasteiger partial charge in [-0.3, -0.25) is 4.79 Å². The van der Waals surface area contributed by atoms with Gasteiger partial charge >= 0.3 is 0 Å². The van der Waals surface area contributed by atoms with Gasteiger partial charge in [-0.15, -0.1) is 0 Å². The van der Waals surface area contributed by atoms with E-state index in [0.717, 1.165) is 36.1 Å². The Hall–Kier alpha value is -2.87. The first kappa shape index (κ1) is 18.5. The summed E-state index contributed by atoms with van der Waals surface area (Å²) in [6.45, 7) is 0. The maximum absolute atomic E-state index is 12.2. The van der Waals surface area contributed by atoms with Crippen molar-refractivity contribution in [3.05, 3.63) is 41.6 Å². The highest BCUT2D eigenvalue weighted by Crippen LogP contribution is 2.27. The maximum Gasteiger partial charge on any atom is 0.234 e. The number of nitrogens with two attached hydrogens (primary N) is 1. The Bertz CT molecular complexity index is 1020. The Balaban J connectivity index is 1.45. The topological polar surface area (TPSA) is 103 Å². The zero-order valence-electron chi connectivity index (χ0n) is 15.6. The third kappa shape index (κ3) is 4.01. The molecular formula is C20H21N5O2S. The molecule has 8 heteroatoms. The molecule has 0 spiro atoms. The smallest absolute Gasteiger partial charge is 0.234 e. The molecule has 1 amide bonds. The van der Waals surface area contributed by atoms with E-state index in [1.807, 2.05) is 0 Å². The molecule has 0 radical (unpaired) electrons. The summed E-state index contributed by atoms with van der Waals surface area (Å²) in [6, 6.07) is 9.24. The first-order valence-corrected chi connectivity index (χ1v) is 10.1. The van der Waals surface area contributed by atoms with Crippen LogP contribution in [0.15, 0.2) is 35.5 Å². The summed E-state index contributed by atoms with van der Waals surface area (Å²) in [6.07, 6.45) is 4.33. The molecule has 0 fully saturated rings. The number of fused-ring (bicyclic) bond motifs is 2. The second-order valence-corrected chi connectivity index (χ2v) is 7.57. The molecule has 0 saturated heterocycles. The first-order chi connectivity index (χ1) is 13.6. The van der Waals surface area contributed by atoms with Crippen LogP contribution >= 0.6 is 11.8 Å². The monoisotopic (exact) mass is 395 g/mol. The zero-order valence-corrected chi connectivity index (χ0v) is 16.4. The number of aromatic nitrogens is 3. The molecule has 1 aliphatic rings. The van der Waals surface area contributed by atoms with Gasteiger partial charge in [0, 0.05) is 11.4 Å². The number of methoxy groups -OCH3 is 1. The lowest BCUT2D eigenvalue weighted by Gasteiger charge is -2.15. The van der Waals surface area contributed by atoms with E-state index in [9.17, 15) is 4.79 Å². The summed E-state index contributed by atoms with van der Waals surface area (Å²) in [7, 11) is 1.60. The lowest BCUT2D eigenvalue weighted by molar-refractivity contribution is -0.113. The van der Waals surface area contributed by atoms with Gasteiger partial charge in [-0.25, -0.2) is 15.0 Å². The molecule has 0 unspecified atom stereocenters. The molecule has 3 aromatic rings. The molecule has 1 aliphatic carbocycles. The average Bonchev–Trinajstić information content (AvgIpc) is 2.72. The number of aryl methyl sites for hydroxylation is 2. The van der Waals surface area contributed by atoms with Crippen LogP contribution in [0.4, 0.5) is 11.5 Å². The Morgan fingerprint density at radius 3 is 2.75 bits per heavy atom. The Labute approximate surface area is 167 Å². The van der Waals surface area contributed by atoms with E-state index in [0.29, 0.717) is 22.3 Å². The largest absolute Gasteiger partial charge is 0.497 e. The molecule has 144 valence electrons. The van der Waals surface area contributed by atoms with Gasteiger partial charge in [-0.05, 0) is 61.6 Å². The van der Waals surface area contributed by atoms with Gasteiger partial charge in [0.25, 0.3) is 0 Å². The van der Waals surface area contributed by atoms with Gasteiger partial charge in [-0.2, -0.15) is 0 Å². The van der Waals surface area contributed by atoms with E-state index >= 15 is 0 Å². The van der Waals surface area contributed by atoms with Crippen molar-refractivity contribution in [1.29, 1.82) is 0 Å². The molecule has 7 nitrogen and oxygen atoms in total. The van der Waals surface area contributed by atoms with Crippen molar-refractivity contribution < 1.29 is 9.53 Å². The standard InChI is InChI=1S/C20H21N5O2S/c1-27-14-8-6-13(7-9-14)22-17(26)11-28-20-24-18(21)15-10-12-4-2-3-5-16(12)23-19(15)25-20/h6-10H,2-5,11H2,1H3,(H,22,26)(H2,21,23,24,25). The number of carbonyl (C=O) groups excluding carboxylic acids is 1. The number of pyridine rings is 1. The third-order valence-electron chi connectivity index (χ3n) is 4.68. The van der Waals surface area contributed by atoms with Gasteiger partial charge in [-0.1, -0.05) is 11.8 Å². The summed E-state index contributed by atoms with van der Waals surface area (Å²) in [5.74, 6) is 1.18. The summed E-state index contributed by atoms with van der Waals surface area (Å²) in [4.78, 5) is 25.8. The van der Waals surface area contributed by atoms with Gasteiger partial charge in [0.2, 0.25) is 5.91 Å². The van der Waals surface area contributed by atoms with Gasteiger partial charge in [0.05, 0.1) is 18.2 Å². The highest BCUT2D eigenvalue weighted by atomic mass is 32.2. The molecule has 0 bridgehead atoms. The number of carbonyl (C=O) groups is 1.